The van der Waals surface area contributed by atoms with E-state index in [0.717, 1.165) is 95.4 Å². The van der Waals surface area contributed by atoms with Gasteiger partial charge in [0.2, 0.25) is 5.91 Å². The number of hydrogen-bond donors (Lipinski definition) is 4. The molecule has 4 aliphatic rings. The zero-order valence-electron chi connectivity index (χ0n) is 45.0. The minimum Gasteiger partial charge on any atom is -0.493 e. The van der Waals surface area contributed by atoms with Crippen LogP contribution in [0.25, 0.3) is 0 Å². The lowest BCUT2D eigenvalue weighted by Crippen LogP contribution is -2.50. The summed E-state index contributed by atoms with van der Waals surface area (Å²) in [6.07, 6.45) is 9.81. The van der Waals surface area contributed by atoms with Crippen molar-refractivity contribution in [1.29, 1.82) is 0 Å². The summed E-state index contributed by atoms with van der Waals surface area (Å²) in [6, 6.07) is 34.8. The number of rotatable bonds is 20. The van der Waals surface area contributed by atoms with Gasteiger partial charge < -0.3 is 44.8 Å². The molecule has 0 unspecified atom stereocenters. The highest BCUT2D eigenvalue weighted by atomic mass is 16.5. The van der Waals surface area contributed by atoms with E-state index in [-0.39, 0.29) is 32.1 Å². The summed E-state index contributed by atoms with van der Waals surface area (Å²) in [6.45, 7) is 20.0. The van der Waals surface area contributed by atoms with Gasteiger partial charge in [-0.25, -0.2) is 0 Å². The number of ether oxygens (including phenoxy) is 2. The molecule has 4 saturated heterocycles. The van der Waals surface area contributed by atoms with Crippen LogP contribution in [0.3, 0.4) is 0 Å². The van der Waals surface area contributed by atoms with Crippen LogP contribution in [-0.2, 0) is 32.3 Å². The van der Waals surface area contributed by atoms with Gasteiger partial charge in [-0.15, -0.1) is 0 Å². The van der Waals surface area contributed by atoms with E-state index in [1.165, 1.54) is 67.9 Å². The van der Waals surface area contributed by atoms with Gasteiger partial charge in [0.05, 0.1) is 19.8 Å². The standard InChI is InChI=1S/C30H41N3O4.C20H32N2O.C10H11NO4/c1-24(2)23-37-27-11-7-6-8-25(27)20-31-16-12-30(13-17-31)14-18-32(19-15-30)28(34)21-33(22-29(35)36)26-9-4-3-5-10-26;1-17(2)16-23-19-6-4-3-5-18(19)15-22-13-9-20(10-14-22)7-11-21-12-8-20;12-9(13)6-11(7-10(14)15)8-4-2-1-3-5-8/h3-11,24H,12-23H2,1-2H3,(H,35,36);3-6,17,21H,7-16H2,1-2H3;1-5H,6-7H2,(H,12,13)(H,14,15). The fourth-order valence-corrected chi connectivity index (χ4v) is 10.6. The minimum absolute atomic E-state index is 0.00962. The van der Waals surface area contributed by atoms with Crippen LogP contribution in [0, 0.1) is 22.7 Å². The molecule has 4 aromatic carbocycles. The lowest BCUT2D eigenvalue weighted by atomic mass is 9.71. The summed E-state index contributed by atoms with van der Waals surface area (Å²) in [5.74, 6) is 0.0989. The molecule has 4 fully saturated rings. The number of piperidine rings is 4. The van der Waals surface area contributed by atoms with Gasteiger partial charge in [-0.05, 0) is 150 Å². The number of aliphatic carboxylic acids is 3. The molecule has 4 N–H and O–H groups in total. The first-order chi connectivity index (χ1) is 36.1. The Balaban J connectivity index is 0.000000204. The molecule has 0 atom stereocenters. The maximum absolute atomic E-state index is 13.1. The summed E-state index contributed by atoms with van der Waals surface area (Å²) >= 11 is 0. The molecule has 0 aliphatic carbocycles. The zero-order chi connectivity index (χ0) is 53.6. The molecular formula is C60H84N6O9. The monoisotopic (exact) mass is 1030 g/mol. The molecule has 2 spiro atoms. The van der Waals surface area contributed by atoms with Crippen LogP contribution < -0.4 is 24.6 Å². The molecule has 15 nitrogen and oxygen atoms in total. The van der Waals surface area contributed by atoms with E-state index >= 15 is 0 Å². The molecule has 4 aliphatic heterocycles. The van der Waals surface area contributed by atoms with Gasteiger partial charge >= 0.3 is 17.9 Å². The third-order valence-corrected chi connectivity index (χ3v) is 15.1. The number of para-hydroxylation sites is 4. The van der Waals surface area contributed by atoms with E-state index in [2.05, 4.69) is 85.3 Å². The van der Waals surface area contributed by atoms with Crippen LogP contribution in [0.15, 0.2) is 109 Å². The smallest absolute Gasteiger partial charge is 0.323 e. The van der Waals surface area contributed by atoms with E-state index in [9.17, 15) is 24.3 Å². The lowest BCUT2D eigenvalue weighted by molar-refractivity contribution is -0.137. The van der Waals surface area contributed by atoms with Crippen LogP contribution in [0.2, 0.25) is 0 Å². The van der Waals surface area contributed by atoms with Crippen LogP contribution >= 0.6 is 0 Å². The van der Waals surface area contributed by atoms with Crippen LogP contribution in [0.5, 0.6) is 11.5 Å². The average molecular weight is 1030 g/mol. The topological polar surface area (TPSA) is 176 Å². The summed E-state index contributed by atoms with van der Waals surface area (Å²) in [4.78, 5) is 55.5. The Morgan fingerprint density at radius 1 is 0.493 bits per heavy atom. The Morgan fingerprint density at radius 3 is 1.23 bits per heavy atom. The molecule has 8 rings (SSSR count). The predicted octanol–water partition coefficient (Wildman–Crippen LogP) is 8.87. The number of carboxylic acids is 3. The van der Waals surface area contributed by atoms with Crippen molar-refractivity contribution in [2.24, 2.45) is 22.7 Å². The number of carbonyl (C=O) groups is 4. The molecule has 0 bridgehead atoms. The number of carbonyl (C=O) groups excluding carboxylic acids is 1. The highest BCUT2D eigenvalue weighted by Crippen LogP contribution is 2.42. The van der Waals surface area contributed by atoms with Crippen molar-refractivity contribution in [2.75, 3.05) is 102 Å². The van der Waals surface area contributed by atoms with E-state index in [4.69, 9.17) is 19.7 Å². The quantitative estimate of drug-likeness (QED) is 0.0661. The number of amides is 1. The van der Waals surface area contributed by atoms with E-state index < -0.39 is 17.9 Å². The molecule has 0 saturated carbocycles. The molecule has 75 heavy (non-hydrogen) atoms. The molecule has 408 valence electrons. The van der Waals surface area contributed by atoms with Crippen molar-refractivity contribution < 1.29 is 44.0 Å². The summed E-state index contributed by atoms with van der Waals surface area (Å²) in [7, 11) is 0. The average Bonchev–Trinajstić information content (AvgIpc) is 3.40. The highest BCUT2D eigenvalue weighted by molar-refractivity contribution is 5.84. The van der Waals surface area contributed by atoms with E-state index in [1.54, 1.807) is 35.2 Å². The first-order valence-electron chi connectivity index (χ1n) is 27.2. The fourth-order valence-electron chi connectivity index (χ4n) is 10.6. The number of nitrogens with one attached hydrogen (secondary N) is 1. The maximum Gasteiger partial charge on any atom is 0.323 e. The molecule has 0 aromatic heterocycles. The summed E-state index contributed by atoms with van der Waals surface area (Å²) < 4.78 is 12.1. The summed E-state index contributed by atoms with van der Waals surface area (Å²) in [5.41, 5.74) is 4.88. The van der Waals surface area contributed by atoms with Gasteiger partial charge in [-0.2, -0.15) is 0 Å². The third kappa shape index (κ3) is 19.2. The molecule has 4 heterocycles. The van der Waals surface area contributed by atoms with Crippen molar-refractivity contribution in [1.82, 2.24) is 20.0 Å². The number of benzene rings is 4. The minimum atomic E-state index is -1.06. The Morgan fingerprint density at radius 2 is 0.840 bits per heavy atom. The number of likely N-dealkylation sites (tertiary alicyclic amines) is 3. The number of hydrogen-bond acceptors (Lipinski definition) is 11. The van der Waals surface area contributed by atoms with Gasteiger partial charge in [-0.1, -0.05) is 100 Å². The second-order valence-corrected chi connectivity index (χ2v) is 21.9. The second kappa shape index (κ2) is 29.2. The zero-order valence-corrected chi connectivity index (χ0v) is 45.0. The SMILES string of the molecule is CC(C)COc1ccccc1CN1CCC2(CC1)CCN(C(=O)CN(CC(=O)O)c1ccccc1)CC2.CC(C)COc1ccccc1CN1CCC2(CCNCC2)CC1.O=C(O)CN(CC(=O)O)c1ccccc1. The van der Waals surface area contributed by atoms with E-state index in [0.29, 0.717) is 28.4 Å². The van der Waals surface area contributed by atoms with Gasteiger partial charge in [0.15, 0.2) is 0 Å². The molecule has 0 radical (unpaired) electrons. The Hall–Kier alpha value is -6.16. The van der Waals surface area contributed by atoms with Gasteiger partial charge in [0, 0.05) is 48.7 Å². The lowest BCUT2D eigenvalue weighted by Gasteiger charge is -2.47. The van der Waals surface area contributed by atoms with Crippen molar-refractivity contribution >= 4 is 35.2 Å². The largest absolute Gasteiger partial charge is 0.493 e. The fraction of sp³-hybridized carbons (Fsp3) is 0.533. The third-order valence-electron chi connectivity index (χ3n) is 15.1. The Kier molecular flexibility index (Phi) is 22.6. The van der Waals surface area contributed by atoms with Gasteiger partial charge in [-0.3, -0.25) is 29.0 Å². The van der Waals surface area contributed by atoms with Crippen molar-refractivity contribution in [3.05, 3.63) is 120 Å². The molecular weight excluding hydrogens is 949 g/mol. The molecule has 15 heteroatoms. The second-order valence-electron chi connectivity index (χ2n) is 21.9. The van der Waals surface area contributed by atoms with Crippen molar-refractivity contribution in [3.8, 4) is 11.5 Å². The molecule has 4 aromatic rings. The first-order valence-corrected chi connectivity index (χ1v) is 27.2. The van der Waals surface area contributed by atoms with Crippen LogP contribution in [0.1, 0.15) is 90.2 Å². The van der Waals surface area contributed by atoms with E-state index in [1.807, 2.05) is 41.3 Å². The molecule has 1 amide bonds. The summed E-state index contributed by atoms with van der Waals surface area (Å²) in [5, 5.41) is 30.1. The normalized spacial score (nSPS) is 17.3. The first kappa shape index (κ1) is 58.1. The van der Waals surface area contributed by atoms with Gasteiger partial charge in [0.1, 0.15) is 31.1 Å². The highest BCUT2D eigenvalue weighted by Gasteiger charge is 2.39. The van der Waals surface area contributed by atoms with Crippen LogP contribution in [0.4, 0.5) is 11.4 Å². The predicted molar refractivity (Wildman–Crippen MR) is 296 cm³/mol. The number of nitrogens with zero attached hydrogens (tertiary/aromatic N) is 5. The van der Waals surface area contributed by atoms with Crippen molar-refractivity contribution in [3.63, 3.8) is 0 Å². The van der Waals surface area contributed by atoms with Gasteiger partial charge in [0.25, 0.3) is 0 Å². The Bertz CT molecular complexity index is 2340. The number of carboxylic acid groups (broad SMARTS) is 3. The maximum atomic E-state index is 13.1. The van der Waals surface area contributed by atoms with Crippen molar-refractivity contribution in [2.45, 2.75) is 92.2 Å². The Labute approximate surface area is 445 Å². The van der Waals surface area contributed by atoms with Crippen LogP contribution in [-0.4, -0.2) is 146 Å². The number of anilines is 2.